The molecule has 0 fully saturated rings. The predicted octanol–water partition coefficient (Wildman–Crippen LogP) is 6.14. The molecule has 0 aliphatic carbocycles. The van der Waals surface area contributed by atoms with Crippen molar-refractivity contribution in [2.45, 2.75) is 44.8 Å². The number of para-hydroxylation sites is 1. The fraction of sp³-hybridized carbons (Fsp3) is 0.226. The summed E-state index contributed by atoms with van der Waals surface area (Å²) in [5.41, 5.74) is 1.79. The minimum atomic E-state index is -1.90. The van der Waals surface area contributed by atoms with Crippen molar-refractivity contribution in [3.05, 3.63) is 113 Å². The van der Waals surface area contributed by atoms with Crippen LogP contribution < -0.4 is 4.90 Å². The molecule has 4 nitrogen and oxygen atoms in total. The third kappa shape index (κ3) is 4.04. The highest BCUT2D eigenvalue weighted by atomic mass is 16.3. The van der Waals surface area contributed by atoms with Gasteiger partial charge in [-0.3, -0.25) is 9.59 Å². The number of ketones is 1. The number of hydrogen-bond donors (Lipinski definition) is 1. The number of carbonyl (C=O) groups excluding carboxylic acids is 2. The van der Waals surface area contributed by atoms with Crippen molar-refractivity contribution >= 4 is 28.2 Å². The maximum Gasteiger partial charge on any atom is 0.264 e. The molecule has 4 heteroatoms. The van der Waals surface area contributed by atoms with Gasteiger partial charge in [-0.15, -0.1) is 0 Å². The second kappa shape index (κ2) is 8.47. The maximum atomic E-state index is 13.7. The average Bonchev–Trinajstić information content (AvgIpc) is 3.05. The molecule has 1 N–H and O–H groups in total. The predicted molar refractivity (Wildman–Crippen MR) is 140 cm³/mol. The molecule has 0 bridgehead atoms. The van der Waals surface area contributed by atoms with Gasteiger partial charge >= 0.3 is 0 Å². The van der Waals surface area contributed by atoms with Gasteiger partial charge in [-0.2, -0.15) is 0 Å². The van der Waals surface area contributed by atoms with E-state index in [0.717, 1.165) is 21.9 Å². The molecule has 4 aromatic rings. The Hall–Kier alpha value is -3.76. The van der Waals surface area contributed by atoms with E-state index in [4.69, 9.17) is 0 Å². The lowest BCUT2D eigenvalue weighted by atomic mass is 9.85. The van der Waals surface area contributed by atoms with Crippen LogP contribution in [0.5, 0.6) is 0 Å². The third-order valence-electron chi connectivity index (χ3n) is 6.94. The van der Waals surface area contributed by atoms with Crippen molar-refractivity contribution < 1.29 is 14.7 Å². The lowest BCUT2D eigenvalue weighted by Gasteiger charge is -2.23. The monoisotopic (exact) mass is 463 g/mol. The molecule has 0 unspecified atom stereocenters. The number of nitrogens with zero attached hydrogens (tertiary/aromatic N) is 1. The van der Waals surface area contributed by atoms with Gasteiger partial charge in [0.15, 0.2) is 11.4 Å². The molecule has 1 aliphatic rings. The number of Topliss-reactive ketones (excluding diaryl/α,β-unsaturated/α-hetero) is 1. The Bertz CT molecular complexity index is 1430. The zero-order chi connectivity index (χ0) is 24.8. The molecule has 4 aromatic carbocycles. The summed E-state index contributed by atoms with van der Waals surface area (Å²) in [5, 5.41) is 13.8. The van der Waals surface area contributed by atoms with Crippen LogP contribution in [-0.2, 0) is 22.4 Å². The van der Waals surface area contributed by atoms with Gasteiger partial charge in [-0.05, 0) is 33.4 Å². The molecule has 0 spiro atoms. The van der Waals surface area contributed by atoms with Crippen LogP contribution in [0.25, 0.3) is 10.8 Å². The van der Waals surface area contributed by atoms with E-state index in [1.807, 2.05) is 66.7 Å². The zero-order valence-corrected chi connectivity index (χ0v) is 20.3. The van der Waals surface area contributed by atoms with Crippen LogP contribution in [0.1, 0.15) is 54.2 Å². The number of carbonyl (C=O) groups is 2. The van der Waals surface area contributed by atoms with Crippen LogP contribution >= 0.6 is 0 Å². The minimum absolute atomic E-state index is 0.0255. The van der Waals surface area contributed by atoms with Gasteiger partial charge in [0.25, 0.3) is 5.91 Å². The SMILES string of the molecule is CC(C)(C)c1ccc(C(=O)C[C@]2(O)C(=O)N(Cc3cccc4ccccc34)c3ccccc32)cc1. The second-order valence-corrected chi connectivity index (χ2v) is 10.3. The van der Waals surface area contributed by atoms with E-state index in [1.54, 1.807) is 29.2 Å². The van der Waals surface area contributed by atoms with E-state index in [-0.39, 0.29) is 17.6 Å². The smallest absolute Gasteiger partial charge is 0.264 e. The van der Waals surface area contributed by atoms with Gasteiger partial charge in [0.1, 0.15) is 0 Å². The molecule has 1 amide bonds. The summed E-state index contributed by atoms with van der Waals surface area (Å²) in [5.74, 6) is -0.727. The van der Waals surface area contributed by atoms with Gasteiger partial charge in [0.2, 0.25) is 0 Å². The van der Waals surface area contributed by atoms with Crippen LogP contribution in [0.15, 0.2) is 91.0 Å². The molecular formula is C31H29NO3. The molecule has 1 heterocycles. The first kappa shape index (κ1) is 23.0. The molecule has 0 aromatic heterocycles. The molecule has 1 atom stereocenters. The van der Waals surface area contributed by atoms with Crippen LogP contribution in [0.4, 0.5) is 5.69 Å². The first-order valence-corrected chi connectivity index (χ1v) is 11.9. The van der Waals surface area contributed by atoms with Crippen LogP contribution in [0.2, 0.25) is 0 Å². The Morgan fingerprint density at radius 3 is 2.26 bits per heavy atom. The summed E-state index contributed by atoms with van der Waals surface area (Å²) in [6.07, 6.45) is -0.302. The van der Waals surface area contributed by atoms with Crippen molar-refractivity contribution in [1.82, 2.24) is 0 Å². The zero-order valence-electron chi connectivity index (χ0n) is 20.3. The summed E-state index contributed by atoms with van der Waals surface area (Å²) < 4.78 is 0. The summed E-state index contributed by atoms with van der Waals surface area (Å²) in [6, 6.07) is 28.7. The molecule has 35 heavy (non-hydrogen) atoms. The Labute approximate surface area is 205 Å². The van der Waals surface area contributed by atoms with Gasteiger partial charge in [-0.1, -0.05) is 106 Å². The lowest BCUT2D eigenvalue weighted by Crippen LogP contribution is -2.41. The molecule has 1 aliphatic heterocycles. The van der Waals surface area contributed by atoms with Crippen LogP contribution in [0.3, 0.4) is 0 Å². The number of hydrogen-bond acceptors (Lipinski definition) is 3. The van der Waals surface area contributed by atoms with Gasteiger partial charge < -0.3 is 10.0 Å². The Morgan fingerprint density at radius 1 is 0.857 bits per heavy atom. The van der Waals surface area contributed by atoms with Crippen LogP contribution in [0, 0.1) is 0 Å². The summed E-state index contributed by atoms with van der Waals surface area (Å²) in [4.78, 5) is 28.5. The molecule has 0 saturated heterocycles. The quantitative estimate of drug-likeness (QED) is 0.362. The number of fused-ring (bicyclic) bond motifs is 2. The number of anilines is 1. The standard InChI is InChI=1S/C31H29NO3/c1-30(2,3)24-17-15-22(16-18-24)28(33)19-31(35)26-13-6-7-14-27(26)32(29(31)34)20-23-11-8-10-21-9-4-5-12-25(21)23/h4-18,35H,19-20H2,1-3H3/t31-/m1/s1. The first-order valence-electron chi connectivity index (χ1n) is 11.9. The average molecular weight is 464 g/mol. The highest BCUT2D eigenvalue weighted by Crippen LogP contribution is 2.44. The third-order valence-corrected chi connectivity index (χ3v) is 6.94. The van der Waals surface area contributed by atoms with Gasteiger partial charge in [0.05, 0.1) is 18.7 Å². The second-order valence-electron chi connectivity index (χ2n) is 10.3. The molecule has 176 valence electrons. The van der Waals surface area contributed by atoms with Crippen molar-refractivity contribution in [2.24, 2.45) is 0 Å². The highest BCUT2D eigenvalue weighted by molar-refractivity contribution is 6.11. The summed E-state index contributed by atoms with van der Waals surface area (Å²) in [6.45, 7) is 6.66. The lowest BCUT2D eigenvalue weighted by molar-refractivity contribution is -0.136. The normalized spacial score (nSPS) is 17.6. The van der Waals surface area contributed by atoms with Crippen molar-refractivity contribution in [3.8, 4) is 0 Å². The van der Waals surface area contributed by atoms with Gasteiger partial charge in [-0.25, -0.2) is 0 Å². The van der Waals surface area contributed by atoms with Crippen molar-refractivity contribution in [3.63, 3.8) is 0 Å². The van der Waals surface area contributed by atoms with E-state index in [9.17, 15) is 14.7 Å². The summed E-state index contributed by atoms with van der Waals surface area (Å²) >= 11 is 0. The minimum Gasteiger partial charge on any atom is -0.375 e. The Balaban J connectivity index is 1.47. The van der Waals surface area contributed by atoms with E-state index >= 15 is 0 Å². The fourth-order valence-corrected chi connectivity index (χ4v) is 4.93. The largest absolute Gasteiger partial charge is 0.375 e. The van der Waals surface area contributed by atoms with Gasteiger partial charge in [0, 0.05) is 11.1 Å². The van der Waals surface area contributed by atoms with Crippen molar-refractivity contribution in [1.29, 1.82) is 0 Å². The molecule has 0 radical (unpaired) electrons. The summed E-state index contributed by atoms with van der Waals surface area (Å²) in [7, 11) is 0. The number of amides is 1. The number of benzene rings is 4. The fourth-order valence-electron chi connectivity index (χ4n) is 4.93. The molecule has 0 saturated carbocycles. The first-order chi connectivity index (χ1) is 16.7. The van der Waals surface area contributed by atoms with E-state index in [2.05, 4.69) is 20.8 Å². The van der Waals surface area contributed by atoms with E-state index < -0.39 is 11.5 Å². The number of rotatable bonds is 5. The van der Waals surface area contributed by atoms with E-state index in [0.29, 0.717) is 23.4 Å². The van der Waals surface area contributed by atoms with Crippen LogP contribution in [-0.4, -0.2) is 16.8 Å². The Morgan fingerprint density at radius 2 is 1.51 bits per heavy atom. The number of aliphatic hydroxyl groups is 1. The topological polar surface area (TPSA) is 57.6 Å². The Kier molecular flexibility index (Phi) is 5.57. The molecule has 5 rings (SSSR count). The molecular weight excluding hydrogens is 434 g/mol. The highest BCUT2D eigenvalue weighted by Gasteiger charge is 2.50. The van der Waals surface area contributed by atoms with E-state index in [1.165, 1.54) is 0 Å². The maximum absolute atomic E-state index is 13.7. The van der Waals surface area contributed by atoms with Crippen molar-refractivity contribution in [2.75, 3.05) is 4.90 Å².